The molecule has 0 amide bonds. The van der Waals surface area contributed by atoms with Crippen LogP contribution in [0.4, 0.5) is 0 Å². The summed E-state index contributed by atoms with van der Waals surface area (Å²) in [7, 11) is 0. The lowest BCUT2D eigenvalue weighted by atomic mass is 9.87. The molecule has 0 unspecified atom stereocenters. The Morgan fingerprint density at radius 2 is 0.691 bits per heavy atom. The molecule has 4 fully saturated rings. The maximum Gasteiger partial charge on any atom is 0.333 e. The molecule has 4 rings (SSSR count). The van der Waals surface area contributed by atoms with Crippen molar-refractivity contribution in [3.63, 3.8) is 0 Å². The Kier molecular flexibility index (Phi) is 42.0. The molecule has 4 aliphatic heterocycles. The molecule has 0 aromatic carbocycles. The molecule has 0 aromatic heterocycles. The van der Waals surface area contributed by atoms with Gasteiger partial charge in [-0.3, -0.25) is 0 Å². The Morgan fingerprint density at radius 1 is 0.426 bits per heavy atom. The minimum absolute atomic E-state index is 0. The number of carbonyl (C=O) groups excluding carboxylic acids is 4. The van der Waals surface area contributed by atoms with Crippen molar-refractivity contribution >= 4 is 23.9 Å². The van der Waals surface area contributed by atoms with Gasteiger partial charge in [0.25, 0.3) is 0 Å². The summed E-state index contributed by atoms with van der Waals surface area (Å²) >= 11 is 0. The topological polar surface area (TPSA) is 197 Å². The Balaban J connectivity index is -0.000000395. The lowest BCUT2D eigenvalue weighted by Crippen LogP contribution is -2.41. The first-order valence-corrected chi connectivity index (χ1v) is 21.6. The van der Waals surface area contributed by atoms with Crippen LogP contribution in [0, 0.1) is 21.7 Å². The second kappa shape index (κ2) is 40.2. The highest BCUT2D eigenvalue weighted by atomic mass is 16.7. The number of ether oxygens (including phenoxy) is 14. The maximum atomic E-state index is 11.2. The van der Waals surface area contributed by atoms with Crippen LogP contribution in [0.25, 0.3) is 0 Å². The van der Waals surface area contributed by atoms with Crippen LogP contribution in [0.15, 0.2) is 49.6 Å². The molecule has 0 radical (unpaired) electrons. The van der Waals surface area contributed by atoms with Crippen molar-refractivity contribution in [2.45, 2.75) is 96.9 Å². The first-order chi connectivity index (χ1) is 30.6. The molecule has 68 heavy (non-hydrogen) atoms. The van der Waals surface area contributed by atoms with E-state index in [1.165, 1.54) is 0 Å². The number of rotatable bonds is 22. The van der Waals surface area contributed by atoms with Gasteiger partial charge in [-0.15, -0.1) is 0 Å². The SMILES string of the molecule is C.C.C.C.C=C(C)C(=O)OCC1(CC)COCOC1.C=C(C)C(=O)OCCOCC1(CC)COCOC1.C=CC(=O)OCC1(CC)COCOC1.C=CC(=O)OCCOCC1(CC)COCOC1. The summed E-state index contributed by atoms with van der Waals surface area (Å²) in [5, 5.41) is 0. The van der Waals surface area contributed by atoms with Gasteiger partial charge in [-0.2, -0.15) is 0 Å². The lowest BCUT2D eigenvalue weighted by Gasteiger charge is -2.35. The van der Waals surface area contributed by atoms with Crippen molar-refractivity contribution in [2.24, 2.45) is 21.7 Å². The summed E-state index contributed by atoms with van der Waals surface area (Å²) in [6, 6.07) is 0. The quantitative estimate of drug-likeness (QED) is 0.0440. The molecule has 400 valence electrons. The number of hydrogen-bond donors (Lipinski definition) is 0. The minimum atomic E-state index is -0.428. The monoisotopic (exact) mass is 981 g/mol. The second-order valence-corrected chi connectivity index (χ2v) is 16.2. The van der Waals surface area contributed by atoms with E-state index in [9.17, 15) is 19.2 Å². The predicted octanol–water partition coefficient (Wildman–Crippen LogP) is 7.82. The highest BCUT2D eigenvalue weighted by molar-refractivity contribution is 5.87. The minimum Gasteiger partial charge on any atom is -0.462 e. The van der Waals surface area contributed by atoms with E-state index < -0.39 is 11.9 Å². The summed E-state index contributed by atoms with van der Waals surface area (Å²) in [5.41, 5.74) is 0.297. The first-order valence-electron chi connectivity index (χ1n) is 21.6. The van der Waals surface area contributed by atoms with Crippen LogP contribution in [0.5, 0.6) is 0 Å². The third-order valence-corrected chi connectivity index (χ3v) is 10.7. The summed E-state index contributed by atoms with van der Waals surface area (Å²) in [5.74, 6) is -1.56. The Bertz CT molecular complexity index is 1390. The molecule has 0 N–H and O–H groups in total. The predicted molar refractivity (Wildman–Crippen MR) is 260 cm³/mol. The van der Waals surface area contributed by atoms with E-state index in [0.717, 1.165) is 37.8 Å². The van der Waals surface area contributed by atoms with Crippen molar-refractivity contribution < 1.29 is 85.5 Å². The molecule has 18 nitrogen and oxygen atoms in total. The van der Waals surface area contributed by atoms with Crippen molar-refractivity contribution in [3.05, 3.63) is 49.6 Å². The summed E-state index contributed by atoms with van der Waals surface area (Å²) in [6.45, 7) is 34.4. The van der Waals surface area contributed by atoms with Crippen LogP contribution < -0.4 is 0 Å². The van der Waals surface area contributed by atoms with Crippen LogP contribution >= 0.6 is 0 Å². The average Bonchev–Trinajstić information content (AvgIpc) is 3.33. The van der Waals surface area contributed by atoms with Gasteiger partial charge in [0.1, 0.15) is 53.6 Å². The maximum absolute atomic E-state index is 11.2. The van der Waals surface area contributed by atoms with Gasteiger partial charge in [0, 0.05) is 34.1 Å². The van der Waals surface area contributed by atoms with Crippen molar-refractivity contribution in [1.82, 2.24) is 0 Å². The third kappa shape index (κ3) is 28.8. The number of hydrogen-bond acceptors (Lipinski definition) is 18. The van der Waals surface area contributed by atoms with Gasteiger partial charge >= 0.3 is 23.9 Å². The zero-order valence-corrected chi connectivity index (χ0v) is 39.3. The summed E-state index contributed by atoms with van der Waals surface area (Å²) in [4.78, 5) is 44.0. The van der Waals surface area contributed by atoms with E-state index in [2.05, 4.69) is 40.2 Å². The van der Waals surface area contributed by atoms with E-state index in [0.29, 0.717) is 131 Å². The van der Waals surface area contributed by atoms with Crippen LogP contribution in [0.2, 0.25) is 0 Å². The molecule has 4 heterocycles. The second-order valence-electron chi connectivity index (χ2n) is 16.2. The zero-order valence-electron chi connectivity index (χ0n) is 39.3. The Hall–Kier alpha value is -3.56. The van der Waals surface area contributed by atoms with Crippen LogP contribution in [0.1, 0.15) is 96.9 Å². The fourth-order valence-electron chi connectivity index (χ4n) is 5.80. The van der Waals surface area contributed by atoms with Crippen molar-refractivity contribution in [1.29, 1.82) is 0 Å². The molecule has 0 aromatic rings. The van der Waals surface area contributed by atoms with Gasteiger partial charge in [0.15, 0.2) is 0 Å². The van der Waals surface area contributed by atoms with E-state index in [1.807, 2.05) is 13.8 Å². The van der Waals surface area contributed by atoms with Gasteiger partial charge in [-0.1, -0.05) is 83.7 Å². The van der Waals surface area contributed by atoms with Crippen molar-refractivity contribution in [3.8, 4) is 0 Å². The van der Waals surface area contributed by atoms with Crippen LogP contribution in [-0.2, 0) is 85.5 Å². The largest absolute Gasteiger partial charge is 0.462 e. The number of carbonyl (C=O) groups is 4. The number of esters is 4. The molecular weight excluding hydrogens is 889 g/mol. The highest BCUT2D eigenvalue weighted by Gasteiger charge is 2.36. The van der Waals surface area contributed by atoms with Crippen molar-refractivity contribution in [2.75, 3.05) is 133 Å². The van der Waals surface area contributed by atoms with Gasteiger partial charge in [-0.05, 0) is 39.5 Å². The standard InChI is InChI=1S/C13H22O5.C12H20O5.C11H18O4.C10H16O4.4CH4/c1-4-13(8-16-10-17-9-13)7-15-5-6-18-12(14)11(2)3;1-3-11(13)17-6-5-14-7-12(4-2)8-15-10-16-9-12;1-4-11(5-13-8-14-6-11)7-15-10(12)9(2)3;1-3-9(11)14-7-10(4-2)5-12-8-13-6-10;;;;/h2,4-10H2,1,3H3;3H,1,4-10H2,2H3;2,4-8H2,1,3H3;3H,1,4-8H2,2H3;4*1H4. The molecule has 0 bridgehead atoms. The van der Waals surface area contributed by atoms with Gasteiger partial charge in [0.2, 0.25) is 0 Å². The smallest absolute Gasteiger partial charge is 0.333 e. The Morgan fingerprint density at radius 3 is 0.985 bits per heavy atom. The van der Waals surface area contributed by atoms with E-state index in [4.69, 9.17) is 66.3 Å². The molecule has 0 atom stereocenters. The molecule has 0 saturated carbocycles. The lowest BCUT2D eigenvalue weighted by molar-refractivity contribution is -0.185. The highest BCUT2D eigenvalue weighted by Crippen LogP contribution is 2.29. The fourth-order valence-corrected chi connectivity index (χ4v) is 5.80. The van der Waals surface area contributed by atoms with Gasteiger partial charge < -0.3 is 66.3 Å². The van der Waals surface area contributed by atoms with Crippen LogP contribution in [0.3, 0.4) is 0 Å². The molecular formula is C50H92O18. The van der Waals surface area contributed by atoms with Crippen LogP contribution in [-0.4, -0.2) is 157 Å². The van der Waals surface area contributed by atoms with Gasteiger partial charge in [-0.25, -0.2) is 19.2 Å². The summed E-state index contributed by atoms with van der Waals surface area (Å²) < 4.78 is 73.0. The fraction of sp³-hybridized carbons (Fsp3) is 0.760. The molecule has 18 heteroatoms. The molecule has 4 saturated heterocycles. The first kappa shape index (κ1) is 71.0. The van der Waals surface area contributed by atoms with E-state index in [1.54, 1.807) is 13.8 Å². The average molecular weight is 981 g/mol. The van der Waals surface area contributed by atoms with E-state index in [-0.39, 0.29) is 76.5 Å². The normalized spacial score (nSPS) is 18.0. The molecule has 0 spiro atoms. The third-order valence-electron chi connectivity index (χ3n) is 10.7. The zero-order chi connectivity index (χ0) is 47.7. The summed E-state index contributed by atoms with van der Waals surface area (Å²) in [6.07, 6.45) is 5.87. The van der Waals surface area contributed by atoms with E-state index >= 15 is 0 Å². The molecule has 4 aliphatic rings. The molecule has 0 aliphatic carbocycles. The Labute approximate surface area is 409 Å². The van der Waals surface area contributed by atoms with Gasteiger partial charge in [0.05, 0.1) is 90.1 Å².